The van der Waals surface area contributed by atoms with Crippen LogP contribution in [0.3, 0.4) is 0 Å². The summed E-state index contributed by atoms with van der Waals surface area (Å²) in [6.07, 6.45) is 3.14. The van der Waals surface area contributed by atoms with E-state index in [2.05, 4.69) is 5.32 Å². The van der Waals surface area contributed by atoms with Gasteiger partial charge in [-0.15, -0.1) is 0 Å². The number of Topliss-reactive ketones (excluding diaryl/α,β-unsaturated/α-hetero) is 1. The Morgan fingerprint density at radius 2 is 1.68 bits per heavy atom. The lowest BCUT2D eigenvalue weighted by Gasteiger charge is -2.46. The first-order chi connectivity index (χ1) is 19.3. The van der Waals surface area contributed by atoms with Crippen molar-refractivity contribution in [1.29, 1.82) is 0 Å². The van der Waals surface area contributed by atoms with Gasteiger partial charge in [-0.2, -0.15) is 0 Å². The number of benzene rings is 2. The van der Waals surface area contributed by atoms with Gasteiger partial charge in [0, 0.05) is 32.1 Å². The van der Waals surface area contributed by atoms with Crippen molar-refractivity contribution >= 4 is 11.8 Å². The number of methoxy groups -OCH3 is 1. The van der Waals surface area contributed by atoms with E-state index in [9.17, 15) is 9.59 Å². The number of carbonyl (C=O) groups excluding carboxylic acids is 2. The average molecular weight is 553 g/mol. The van der Waals surface area contributed by atoms with Crippen molar-refractivity contribution in [3.8, 4) is 11.5 Å². The number of hydrogen-bond donors (Lipinski definition) is 1. The minimum Gasteiger partial charge on any atom is -0.493 e. The average Bonchev–Trinajstić information content (AvgIpc) is 3.76. The van der Waals surface area contributed by atoms with Crippen molar-refractivity contribution in [3.63, 3.8) is 0 Å². The second kappa shape index (κ2) is 13.5. The lowest BCUT2D eigenvalue weighted by atomic mass is 9.71. The predicted molar refractivity (Wildman–Crippen MR) is 154 cm³/mol. The molecule has 0 aromatic heterocycles. The maximum absolute atomic E-state index is 13.8. The topological polar surface area (TPSA) is 86.3 Å². The first kappa shape index (κ1) is 29.9. The highest BCUT2D eigenvalue weighted by molar-refractivity contribution is 5.92. The Bertz CT molecular complexity index is 1120. The Hall–Kier alpha value is -3.10. The number of nitrogens with one attached hydrogen (secondary N) is 1. The van der Waals surface area contributed by atoms with Crippen molar-refractivity contribution in [1.82, 2.24) is 10.2 Å². The number of urea groups is 1. The van der Waals surface area contributed by atoms with Gasteiger partial charge < -0.3 is 29.2 Å². The van der Waals surface area contributed by atoms with E-state index in [0.29, 0.717) is 51.7 Å². The SMILES string of the molecule is CCOc1cc(C(C)N(CCOCc2ccccc2)C(=O)NC2(C(C)=O)CC(OC)C2)cc(OCC)c1C1CC1. The molecule has 2 aliphatic rings. The lowest BCUT2D eigenvalue weighted by molar-refractivity contribution is -0.133. The van der Waals surface area contributed by atoms with E-state index in [4.69, 9.17) is 18.9 Å². The third-order valence-electron chi connectivity index (χ3n) is 8.02. The highest BCUT2D eigenvalue weighted by Gasteiger charge is 2.50. The minimum atomic E-state index is -0.913. The zero-order valence-electron chi connectivity index (χ0n) is 24.5. The van der Waals surface area contributed by atoms with Crippen LogP contribution in [0.2, 0.25) is 0 Å². The molecule has 40 heavy (non-hydrogen) atoms. The third kappa shape index (κ3) is 6.96. The second-order valence-electron chi connectivity index (χ2n) is 10.8. The summed E-state index contributed by atoms with van der Waals surface area (Å²) in [5, 5.41) is 3.06. The van der Waals surface area contributed by atoms with Gasteiger partial charge in [0.25, 0.3) is 0 Å². The normalized spacial score (nSPS) is 20.8. The maximum Gasteiger partial charge on any atom is 0.318 e. The third-order valence-corrected chi connectivity index (χ3v) is 8.02. The van der Waals surface area contributed by atoms with E-state index in [1.807, 2.05) is 63.2 Å². The molecule has 2 aliphatic carbocycles. The molecule has 1 atom stereocenters. The van der Waals surface area contributed by atoms with Gasteiger partial charge in [-0.3, -0.25) is 4.79 Å². The summed E-state index contributed by atoms with van der Waals surface area (Å²) in [5.74, 6) is 2.02. The zero-order chi connectivity index (χ0) is 28.7. The highest BCUT2D eigenvalue weighted by Crippen LogP contribution is 2.50. The maximum atomic E-state index is 13.8. The molecule has 0 saturated heterocycles. The quantitative estimate of drug-likeness (QED) is 0.282. The van der Waals surface area contributed by atoms with E-state index in [1.54, 1.807) is 12.0 Å². The fourth-order valence-electron chi connectivity index (χ4n) is 5.40. The van der Waals surface area contributed by atoms with Gasteiger partial charge in [-0.05, 0) is 69.7 Å². The molecule has 0 aliphatic heterocycles. The number of ketones is 1. The van der Waals surface area contributed by atoms with E-state index in [0.717, 1.165) is 41.0 Å². The van der Waals surface area contributed by atoms with Gasteiger partial charge in [0.05, 0.1) is 38.6 Å². The number of amides is 2. The summed E-state index contributed by atoms with van der Waals surface area (Å²) in [4.78, 5) is 28.2. The molecule has 2 saturated carbocycles. The fraction of sp³-hybridized carbons (Fsp3) is 0.562. The van der Waals surface area contributed by atoms with E-state index in [-0.39, 0.29) is 24.0 Å². The van der Waals surface area contributed by atoms with Crippen LogP contribution in [0.15, 0.2) is 42.5 Å². The van der Waals surface area contributed by atoms with Crippen LogP contribution in [0.25, 0.3) is 0 Å². The van der Waals surface area contributed by atoms with Gasteiger partial charge in [0.1, 0.15) is 17.0 Å². The van der Waals surface area contributed by atoms with Crippen molar-refractivity contribution in [2.24, 2.45) is 0 Å². The molecule has 1 N–H and O–H groups in total. The standard InChI is InChI=1S/C32H44N2O6/c1-6-39-28-17-26(18-29(40-7-2)30(28)25-13-14-25)22(3)34(15-16-38-21-24-11-9-8-10-12-24)31(36)33-32(23(4)35)19-27(20-32)37-5/h8-12,17-18,22,25,27H,6-7,13-16,19-21H2,1-5H3,(H,33,36). The van der Waals surface area contributed by atoms with Gasteiger partial charge in [0.2, 0.25) is 0 Å². The zero-order valence-corrected chi connectivity index (χ0v) is 24.5. The van der Waals surface area contributed by atoms with E-state index in [1.165, 1.54) is 6.92 Å². The van der Waals surface area contributed by atoms with Crippen LogP contribution in [-0.4, -0.2) is 61.8 Å². The van der Waals surface area contributed by atoms with Crippen molar-refractivity contribution in [2.45, 2.75) is 83.6 Å². The molecular formula is C32H44N2O6. The smallest absolute Gasteiger partial charge is 0.318 e. The summed E-state index contributed by atoms with van der Waals surface area (Å²) < 4.78 is 23.5. The summed E-state index contributed by atoms with van der Waals surface area (Å²) in [5.41, 5.74) is 2.19. The molecule has 8 nitrogen and oxygen atoms in total. The van der Waals surface area contributed by atoms with E-state index < -0.39 is 5.54 Å². The second-order valence-corrected chi connectivity index (χ2v) is 10.8. The fourth-order valence-corrected chi connectivity index (χ4v) is 5.40. The Morgan fingerprint density at radius 1 is 1.05 bits per heavy atom. The van der Waals surface area contributed by atoms with E-state index >= 15 is 0 Å². The number of hydrogen-bond acceptors (Lipinski definition) is 6. The van der Waals surface area contributed by atoms with Crippen LogP contribution in [0, 0.1) is 0 Å². The molecule has 0 bridgehead atoms. The summed E-state index contributed by atoms with van der Waals surface area (Å²) in [6, 6.07) is 13.4. The van der Waals surface area contributed by atoms with Crippen molar-refractivity contribution < 1.29 is 28.5 Å². The monoisotopic (exact) mass is 552 g/mol. The molecule has 218 valence electrons. The van der Waals surface area contributed by atoms with Gasteiger partial charge in [0.15, 0.2) is 5.78 Å². The Morgan fingerprint density at radius 3 is 2.20 bits per heavy atom. The van der Waals surface area contributed by atoms with Gasteiger partial charge >= 0.3 is 6.03 Å². The first-order valence-electron chi connectivity index (χ1n) is 14.5. The Balaban J connectivity index is 1.58. The van der Waals surface area contributed by atoms with Crippen LogP contribution in [-0.2, 0) is 20.9 Å². The first-order valence-corrected chi connectivity index (χ1v) is 14.5. The molecule has 2 aromatic rings. The number of carbonyl (C=O) groups is 2. The van der Waals surface area contributed by atoms with Crippen LogP contribution >= 0.6 is 0 Å². The summed E-state index contributed by atoms with van der Waals surface area (Å²) >= 11 is 0. The summed E-state index contributed by atoms with van der Waals surface area (Å²) in [7, 11) is 1.63. The Kier molecular flexibility index (Phi) is 10.1. The van der Waals surface area contributed by atoms with Gasteiger partial charge in [-0.25, -0.2) is 4.79 Å². The molecule has 2 fully saturated rings. The highest BCUT2D eigenvalue weighted by atomic mass is 16.5. The van der Waals surface area contributed by atoms with Crippen LogP contribution in [0.1, 0.15) is 82.0 Å². The summed E-state index contributed by atoms with van der Waals surface area (Å²) in [6.45, 7) is 9.71. The molecule has 4 rings (SSSR count). The minimum absolute atomic E-state index is 0.0400. The molecule has 1 unspecified atom stereocenters. The number of rotatable bonds is 15. The number of nitrogens with zero attached hydrogens (tertiary/aromatic N) is 1. The molecule has 0 radical (unpaired) electrons. The predicted octanol–water partition coefficient (Wildman–Crippen LogP) is 5.79. The van der Waals surface area contributed by atoms with Gasteiger partial charge in [-0.1, -0.05) is 30.3 Å². The number of ether oxygens (including phenoxy) is 4. The molecule has 0 spiro atoms. The Labute approximate surface area is 238 Å². The molecule has 2 aromatic carbocycles. The van der Waals surface area contributed by atoms with Crippen molar-refractivity contribution in [3.05, 3.63) is 59.2 Å². The van der Waals surface area contributed by atoms with Crippen LogP contribution in [0.4, 0.5) is 4.79 Å². The molecular weight excluding hydrogens is 508 g/mol. The lowest BCUT2D eigenvalue weighted by Crippen LogP contribution is -2.66. The molecule has 8 heteroatoms. The largest absolute Gasteiger partial charge is 0.493 e. The van der Waals surface area contributed by atoms with Crippen LogP contribution < -0.4 is 14.8 Å². The molecule has 2 amide bonds. The van der Waals surface area contributed by atoms with Crippen molar-refractivity contribution in [2.75, 3.05) is 33.5 Å². The molecule has 0 heterocycles. The van der Waals surface area contributed by atoms with Crippen LogP contribution in [0.5, 0.6) is 11.5 Å².